The van der Waals surface area contributed by atoms with Gasteiger partial charge in [-0.05, 0) is 41.5 Å². The largest absolute Gasteiger partial charge is 0.480 e. The Morgan fingerprint density at radius 1 is 1.36 bits per heavy atom. The molecule has 0 spiro atoms. The molecule has 1 aliphatic rings. The molecule has 1 fully saturated rings. The van der Waals surface area contributed by atoms with Crippen molar-refractivity contribution in [1.29, 1.82) is 0 Å². The number of thiocarbonyl (C=S) groups is 1. The van der Waals surface area contributed by atoms with Gasteiger partial charge >= 0.3 is 5.97 Å². The molecule has 2 rings (SSSR count). The van der Waals surface area contributed by atoms with Gasteiger partial charge < -0.3 is 5.11 Å². The van der Waals surface area contributed by atoms with Gasteiger partial charge in [0.25, 0.3) is 5.24 Å². The molecular formula is C15H14BrNO3S2. The number of nitrogens with zero attached hydrogens (tertiary/aromatic N) is 1. The number of aliphatic carboxylic acids is 1. The van der Waals surface area contributed by atoms with Gasteiger partial charge in [0.1, 0.15) is 11.0 Å². The summed E-state index contributed by atoms with van der Waals surface area (Å²) in [5, 5.41) is 9.02. The van der Waals surface area contributed by atoms with Crippen molar-refractivity contribution in [2.75, 3.05) is 0 Å². The number of halogens is 1. The van der Waals surface area contributed by atoms with Gasteiger partial charge in [0, 0.05) is 4.47 Å². The number of carboxylic acids is 1. The fourth-order valence-electron chi connectivity index (χ4n) is 2.12. The van der Waals surface area contributed by atoms with Crippen molar-refractivity contribution in [3.8, 4) is 0 Å². The average molecular weight is 400 g/mol. The molecule has 1 saturated heterocycles. The van der Waals surface area contributed by atoms with Gasteiger partial charge in [0.15, 0.2) is 0 Å². The van der Waals surface area contributed by atoms with Gasteiger partial charge in [-0.15, -0.1) is 0 Å². The molecule has 22 heavy (non-hydrogen) atoms. The quantitative estimate of drug-likeness (QED) is 0.600. The summed E-state index contributed by atoms with van der Waals surface area (Å²) < 4.78 is 0.958. The molecule has 1 heterocycles. The number of carbonyl (C=O) groups is 2. The Kier molecular flexibility index (Phi) is 5.41. The minimum atomic E-state index is -1.05. The van der Waals surface area contributed by atoms with E-state index in [0.29, 0.717) is 4.91 Å². The first-order chi connectivity index (χ1) is 10.3. The van der Waals surface area contributed by atoms with Crippen molar-refractivity contribution in [2.24, 2.45) is 5.92 Å². The molecule has 0 aliphatic carbocycles. The third-order valence-corrected chi connectivity index (χ3v) is 5.13. The summed E-state index contributed by atoms with van der Waals surface area (Å²) in [7, 11) is 0. The lowest BCUT2D eigenvalue weighted by Gasteiger charge is -2.26. The van der Waals surface area contributed by atoms with E-state index in [0.717, 1.165) is 21.8 Å². The van der Waals surface area contributed by atoms with Crippen LogP contribution in [0.1, 0.15) is 19.4 Å². The van der Waals surface area contributed by atoms with Crippen LogP contribution in [0, 0.1) is 5.92 Å². The summed E-state index contributed by atoms with van der Waals surface area (Å²) in [5.74, 6) is -1.27. The third kappa shape index (κ3) is 3.59. The summed E-state index contributed by atoms with van der Waals surface area (Å²) in [4.78, 5) is 25.7. The standard InChI is InChI=1S/C15H14BrNO3S2/c1-8(2)12(14(18)19)17-13(21)11(22-15(17)20)7-9-3-5-10(16)6-4-9/h3-8,12H,1-2H3,(H,18,19). The zero-order valence-electron chi connectivity index (χ0n) is 11.9. The molecule has 116 valence electrons. The van der Waals surface area contributed by atoms with Crippen molar-refractivity contribution in [3.05, 3.63) is 39.2 Å². The van der Waals surface area contributed by atoms with Crippen molar-refractivity contribution in [3.63, 3.8) is 0 Å². The monoisotopic (exact) mass is 399 g/mol. The fourth-order valence-corrected chi connectivity index (χ4v) is 3.70. The van der Waals surface area contributed by atoms with Crippen LogP contribution in [0.15, 0.2) is 33.6 Å². The summed E-state index contributed by atoms with van der Waals surface area (Å²) in [6.07, 6.45) is 1.80. The van der Waals surface area contributed by atoms with Crippen molar-refractivity contribution in [2.45, 2.75) is 19.9 Å². The highest BCUT2D eigenvalue weighted by molar-refractivity contribution is 9.10. The lowest BCUT2D eigenvalue weighted by molar-refractivity contribution is -0.142. The van der Waals surface area contributed by atoms with Crippen LogP contribution in [0.25, 0.3) is 6.08 Å². The molecule has 7 heteroatoms. The number of rotatable bonds is 4. The summed E-state index contributed by atoms with van der Waals surface area (Å²) in [6.45, 7) is 3.52. The van der Waals surface area contributed by atoms with Crippen LogP contribution >= 0.6 is 39.9 Å². The minimum absolute atomic E-state index is 0.230. The first-order valence-corrected chi connectivity index (χ1v) is 8.58. The van der Waals surface area contributed by atoms with E-state index in [1.54, 1.807) is 19.9 Å². The van der Waals surface area contributed by atoms with Gasteiger partial charge in [-0.25, -0.2) is 4.79 Å². The highest BCUT2D eigenvalue weighted by atomic mass is 79.9. The van der Waals surface area contributed by atoms with Crippen LogP contribution < -0.4 is 0 Å². The second-order valence-corrected chi connectivity index (χ2v) is 7.43. The number of carbonyl (C=O) groups excluding carboxylic acids is 1. The number of thioether (sulfide) groups is 1. The molecule has 0 radical (unpaired) electrons. The Morgan fingerprint density at radius 2 is 1.95 bits per heavy atom. The van der Waals surface area contributed by atoms with E-state index in [9.17, 15) is 14.7 Å². The molecule has 1 unspecified atom stereocenters. The lowest BCUT2D eigenvalue weighted by Crippen LogP contribution is -2.46. The highest BCUT2D eigenvalue weighted by Gasteiger charge is 2.41. The maximum atomic E-state index is 12.2. The molecule has 0 saturated carbocycles. The fraction of sp³-hybridized carbons (Fsp3) is 0.267. The topological polar surface area (TPSA) is 57.6 Å². The number of carboxylic acid groups (broad SMARTS) is 1. The molecule has 0 bridgehead atoms. The van der Waals surface area contributed by atoms with Gasteiger partial charge in [0.05, 0.1) is 4.91 Å². The molecule has 1 N–H and O–H groups in total. The zero-order valence-corrected chi connectivity index (χ0v) is 15.2. The molecule has 1 amide bonds. The predicted molar refractivity (Wildman–Crippen MR) is 95.8 cm³/mol. The minimum Gasteiger partial charge on any atom is -0.480 e. The molecule has 1 atom stereocenters. The first-order valence-electron chi connectivity index (χ1n) is 6.56. The number of hydrogen-bond acceptors (Lipinski definition) is 4. The Labute approximate surface area is 146 Å². The first kappa shape index (κ1) is 17.2. The summed E-state index contributed by atoms with van der Waals surface area (Å²) >= 11 is 9.66. The van der Waals surface area contributed by atoms with E-state index in [4.69, 9.17) is 12.2 Å². The SMILES string of the molecule is CC(C)C(C(=O)O)N1C(=O)SC(=Cc2ccc(Br)cc2)C1=S. The normalized spacial score (nSPS) is 18.4. The molecular weight excluding hydrogens is 386 g/mol. The van der Waals surface area contributed by atoms with E-state index in [2.05, 4.69) is 15.9 Å². The second-order valence-electron chi connectivity index (χ2n) is 5.13. The van der Waals surface area contributed by atoms with Crippen LogP contribution in [0.3, 0.4) is 0 Å². The summed E-state index contributed by atoms with van der Waals surface area (Å²) in [6, 6.07) is 6.63. The van der Waals surface area contributed by atoms with E-state index in [1.165, 1.54) is 4.90 Å². The third-order valence-electron chi connectivity index (χ3n) is 3.15. The van der Waals surface area contributed by atoms with Crippen molar-refractivity contribution < 1.29 is 14.7 Å². The average Bonchev–Trinajstić information content (AvgIpc) is 2.69. The van der Waals surface area contributed by atoms with Crippen LogP contribution in [-0.2, 0) is 4.79 Å². The zero-order chi connectivity index (χ0) is 16.4. The number of amides is 1. The van der Waals surface area contributed by atoms with Gasteiger partial charge in [0.2, 0.25) is 0 Å². The van der Waals surface area contributed by atoms with Crippen LogP contribution in [0.5, 0.6) is 0 Å². The molecule has 1 aromatic carbocycles. The summed E-state index contributed by atoms with van der Waals surface area (Å²) in [5.41, 5.74) is 0.902. The van der Waals surface area contributed by atoms with Gasteiger partial charge in [-0.1, -0.05) is 54.1 Å². The van der Waals surface area contributed by atoms with Crippen LogP contribution in [0.2, 0.25) is 0 Å². The van der Waals surface area contributed by atoms with Crippen LogP contribution in [0.4, 0.5) is 4.79 Å². The van der Waals surface area contributed by atoms with E-state index in [1.807, 2.05) is 24.3 Å². The van der Waals surface area contributed by atoms with Crippen molar-refractivity contribution in [1.82, 2.24) is 4.90 Å². The smallest absolute Gasteiger partial charge is 0.327 e. The molecule has 0 aromatic heterocycles. The molecule has 1 aromatic rings. The maximum absolute atomic E-state index is 12.2. The Hall–Kier alpha value is -1.18. The molecule has 4 nitrogen and oxygen atoms in total. The van der Waals surface area contributed by atoms with E-state index in [-0.39, 0.29) is 16.1 Å². The second kappa shape index (κ2) is 6.93. The Bertz CT molecular complexity index is 655. The predicted octanol–water partition coefficient (Wildman–Crippen LogP) is 4.40. The number of benzene rings is 1. The van der Waals surface area contributed by atoms with Gasteiger partial charge in [-0.2, -0.15) is 0 Å². The molecule has 1 aliphatic heterocycles. The van der Waals surface area contributed by atoms with Crippen LogP contribution in [-0.4, -0.2) is 32.2 Å². The van der Waals surface area contributed by atoms with Crippen molar-refractivity contribution >= 4 is 62.2 Å². The van der Waals surface area contributed by atoms with E-state index >= 15 is 0 Å². The maximum Gasteiger partial charge on any atom is 0.327 e. The number of hydrogen-bond donors (Lipinski definition) is 1. The van der Waals surface area contributed by atoms with Gasteiger partial charge in [-0.3, -0.25) is 9.69 Å². The lowest BCUT2D eigenvalue weighted by atomic mass is 10.0. The Balaban J connectivity index is 2.32. The Morgan fingerprint density at radius 3 is 2.45 bits per heavy atom. The highest BCUT2D eigenvalue weighted by Crippen LogP contribution is 2.36. The van der Waals surface area contributed by atoms with E-state index < -0.39 is 12.0 Å².